The Morgan fingerprint density at radius 1 is 1.24 bits per heavy atom. The van der Waals surface area contributed by atoms with Crippen LogP contribution in [0, 0.1) is 12.7 Å². The lowest BCUT2D eigenvalue weighted by atomic mass is 10.2. The molecule has 130 valence electrons. The summed E-state index contributed by atoms with van der Waals surface area (Å²) < 4.78 is 42.3. The summed E-state index contributed by atoms with van der Waals surface area (Å²) in [4.78, 5) is 4.37. The van der Waals surface area contributed by atoms with E-state index in [1.54, 1.807) is 29.8 Å². The minimum absolute atomic E-state index is 0.0930. The lowest BCUT2D eigenvalue weighted by Gasteiger charge is -2.28. The van der Waals surface area contributed by atoms with Crippen molar-refractivity contribution in [3.05, 3.63) is 53.6 Å². The van der Waals surface area contributed by atoms with E-state index in [0.29, 0.717) is 28.7 Å². The number of hydrogen-bond acceptors (Lipinski definition) is 4. The maximum atomic E-state index is 13.3. The Labute approximate surface area is 144 Å². The molecule has 0 saturated heterocycles. The fraction of sp³-hybridized carbons (Fsp3) is 0.235. The average molecular weight is 361 g/mol. The molecule has 0 spiro atoms. The van der Waals surface area contributed by atoms with Crippen molar-refractivity contribution in [1.82, 2.24) is 13.9 Å². The molecule has 25 heavy (non-hydrogen) atoms. The van der Waals surface area contributed by atoms with E-state index in [4.69, 9.17) is 0 Å². The first-order chi connectivity index (χ1) is 11.9. The molecule has 4 rings (SSSR count). The standard InChI is InChI=1S/C17H16FN3O3S/c1-11-9-12(18)4-5-15(11)25(23,24)20-7-8-21-14(10-20)16-13(17(21)22)3-2-6-19-16/h2-6,9,22H,7-8,10H2,1H3. The highest BCUT2D eigenvalue weighted by atomic mass is 32.2. The first kappa shape index (κ1) is 16.0. The molecule has 0 fully saturated rings. The van der Waals surface area contributed by atoms with E-state index >= 15 is 0 Å². The molecular formula is C17H16FN3O3S. The fourth-order valence-corrected chi connectivity index (χ4v) is 4.92. The second-order valence-corrected chi connectivity index (χ2v) is 7.98. The minimum Gasteiger partial charge on any atom is -0.494 e. The van der Waals surface area contributed by atoms with E-state index in [9.17, 15) is 17.9 Å². The molecule has 0 bridgehead atoms. The number of halogens is 1. The highest BCUT2D eigenvalue weighted by molar-refractivity contribution is 7.89. The van der Waals surface area contributed by atoms with Gasteiger partial charge in [-0.15, -0.1) is 0 Å². The number of pyridine rings is 1. The van der Waals surface area contributed by atoms with Crippen molar-refractivity contribution >= 4 is 20.9 Å². The maximum absolute atomic E-state index is 13.3. The number of benzene rings is 1. The second-order valence-electron chi connectivity index (χ2n) is 6.07. The van der Waals surface area contributed by atoms with Gasteiger partial charge in [0.15, 0.2) is 0 Å². The fourth-order valence-electron chi connectivity index (χ4n) is 3.32. The monoisotopic (exact) mass is 361 g/mol. The predicted molar refractivity (Wildman–Crippen MR) is 90.1 cm³/mol. The molecule has 0 atom stereocenters. The molecular weight excluding hydrogens is 345 g/mol. The molecule has 0 aliphatic carbocycles. The maximum Gasteiger partial charge on any atom is 0.243 e. The minimum atomic E-state index is -3.77. The van der Waals surface area contributed by atoms with E-state index in [2.05, 4.69) is 4.98 Å². The van der Waals surface area contributed by atoms with Crippen LogP contribution < -0.4 is 0 Å². The Morgan fingerprint density at radius 3 is 2.80 bits per heavy atom. The first-order valence-corrected chi connectivity index (χ1v) is 9.25. The first-order valence-electron chi connectivity index (χ1n) is 7.81. The quantitative estimate of drug-likeness (QED) is 0.760. The van der Waals surface area contributed by atoms with Crippen molar-refractivity contribution in [2.45, 2.75) is 24.9 Å². The largest absolute Gasteiger partial charge is 0.494 e. The highest BCUT2D eigenvalue weighted by Crippen LogP contribution is 2.34. The molecule has 0 unspecified atom stereocenters. The molecule has 0 radical (unpaired) electrons. The van der Waals surface area contributed by atoms with Crippen LogP contribution in [0.15, 0.2) is 41.4 Å². The van der Waals surface area contributed by atoms with Gasteiger partial charge >= 0.3 is 0 Å². The summed E-state index contributed by atoms with van der Waals surface area (Å²) in [5.41, 5.74) is 1.62. The molecule has 3 heterocycles. The van der Waals surface area contributed by atoms with E-state index in [1.807, 2.05) is 0 Å². The van der Waals surface area contributed by atoms with Crippen LogP contribution in [0.2, 0.25) is 0 Å². The summed E-state index contributed by atoms with van der Waals surface area (Å²) in [6.45, 7) is 2.23. The highest BCUT2D eigenvalue weighted by Gasteiger charge is 2.32. The Kier molecular flexibility index (Phi) is 3.55. The van der Waals surface area contributed by atoms with Gasteiger partial charge in [0, 0.05) is 19.3 Å². The van der Waals surface area contributed by atoms with Crippen LogP contribution in [0.5, 0.6) is 5.88 Å². The van der Waals surface area contributed by atoms with Crippen LogP contribution in [0.3, 0.4) is 0 Å². The Hall–Kier alpha value is -2.45. The normalized spacial score (nSPS) is 15.4. The molecule has 6 nitrogen and oxygen atoms in total. The van der Waals surface area contributed by atoms with Crippen molar-refractivity contribution in [2.24, 2.45) is 0 Å². The smallest absolute Gasteiger partial charge is 0.243 e. The van der Waals surface area contributed by atoms with E-state index in [0.717, 1.165) is 6.07 Å². The third-order valence-electron chi connectivity index (χ3n) is 4.56. The summed E-state index contributed by atoms with van der Waals surface area (Å²) in [5.74, 6) is -0.364. The number of fused-ring (bicyclic) bond motifs is 3. The lowest BCUT2D eigenvalue weighted by molar-refractivity contribution is 0.317. The van der Waals surface area contributed by atoms with Crippen LogP contribution in [0.4, 0.5) is 4.39 Å². The number of hydrogen-bond donors (Lipinski definition) is 1. The van der Waals surface area contributed by atoms with Crippen molar-refractivity contribution < 1.29 is 17.9 Å². The SMILES string of the molecule is Cc1cc(F)ccc1S(=O)(=O)N1CCn2c(O)c3cccnc3c2C1. The van der Waals surface area contributed by atoms with E-state index < -0.39 is 15.8 Å². The van der Waals surface area contributed by atoms with Crippen molar-refractivity contribution in [1.29, 1.82) is 0 Å². The molecule has 0 amide bonds. The third-order valence-corrected chi connectivity index (χ3v) is 6.56. The topological polar surface area (TPSA) is 75.4 Å². The van der Waals surface area contributed by atoms with Gasteiger partial charge in [-0.25, -0.2) is 12.8 Å². The summed E-state index contributed by atoms with van der Waals surface area (Å²) in [5, 5.41) is 10.9. The number of rotatable bonds is 2. The summed E-state index contributed by atoms with van der Waals surface area (Å²) in [6.07, 6.45) is 1.61. The van der Waals surface area contributed by atoms with Gasteiger partial charge in [0.2, 0.25) is 15.9 Å². The summed E-state index contributed by atoms with van der Waals surface area (Å²) in [7, 11) is -3.77. The lowest BCUT2D eigenvalue weighted by Crippen LogP contribution is -2.38. The van der Waals surface area contributed by atoms with Crippen LogP contribution in [0.1, 0.15) is 11.3 Å². The zero-order valence-corrected chi connectivity index (χ0v) is 14.3. The van der Waals surface area contributed by atoms with Crippen LogP contribution >= 0.6 is 0 Å². The van der Waals surface area contributed by atoms with Gasteiger partial charge in [-0.05, 0) is 42.8 Å². The summed E-state index contributed by atoms with van der Waals surface area (Å²) in [6, 6.07) is 7.13. The Balaban J connectivity index is 1.78. The number of aromatic hydroxyl groups is 1. The second kappa shape index (κ2) is 5.53. The Morgan fingerprint density at radius 2 is 2.04 bits per heavy atom. The van der Waals surface area contributed by atoms with E-state index in [-0.39, 0.29) is 23.9 Å². The Bertz CT molecular complexity index is 1090. The molecule has 8 heteroatoms. The van der Waals surface area contributed by atoms with Gasteiger partial charge < -0.3 is 9.67 Å². The van der Waals surface area contributed by atoms with Crippen molar-refractivity contribution in [3.8, 4) is 5.88 Å². The van der Waals surface area contributed by atoms with Gasteiger partial charge in [0.05, 0.1) is 28.0 Å². The molecule has 1 aliphatic rings. The zero-order chi connectivity index (χ0) is 17.8. The van der Waals surface area contributed by atoms with E-state index in [1.165, 1.54) is 16.4 Å². The molecule has 1 N–H and O–H groups in total. The van der Waals surface area contributed by atoms with Gasteiger partial charge in [-0.2, -0.15) is 4.31 Å². The van der Waals surface area contributed by atoms with Gasteiger partial charge in [0.25, 0.3) is 0 Å². The molecule has 3 aromatic rings. The molecule has 0 saturated carbocycles. The van der Waals surface area contributed by atoms with Crippen molar-refractivity contribution in [3.63, 3.8) is 0 Å². The van der Waals surface area contributed by atoms with Gasteiger partial charge in [-0.1, -0.05) is 0 Å². The molecule has 1 aliphatic heterocycles. The number of nitrogens with zero attached hydrogens (tertiary/aromatic N) is 3. The average Bonchev–Trinajstić information content (AvgIpc) is 2.87. The number of aromatic nitrogens is 2. The van der Waals surface area contributed by atoms with Crippen LogP contribution in [0.25, 0.3) is 10.9 Å². The molecule has 2 aromatic heterocycles. The zero-order valence-electron chi connectivity index (χ0n) is 13.5. The predicted octanol–water partition coefficient (Wildman–Crippen LogP) is 2.39. The van der Waals surface area contributed by atoms with Crippen LogP contribution in [-0.4, -0.2) is 33.9 Å². The van der Waals surface area contributed by atoms with Crippen LogP contribution in [-0.2, 0) is 23.1 Å². The molecule has 1 aromatic carbocycles. The van der Waals surface area contributed by atoms with Gasteiger partial charge in [-0.3, -0.25) is 4.98 Å². The van der Waals surface area contributed by atoms with Gasteiger partial charge in [0.1, 0.15) is 5.82 Å². The number of sulfonamides is 1. The number of aryl methyl sites for hydroxylation is 1. The van der Waals surface area contributed by atoms with Crippen molar-refractivity contribution in [2.75, 3.05) is 6.54 Å². The summed E-state index contributed by atoms with van der Waals surface area (Å²) >= 11 is 0. The third kappa shape index (κ3) is 2.40.